The Hall–Kier alpha value is -2.46. The Morgan fingerprint density at radius 3 is 2.72 bits per heavy atom. The van der Waals surface area contributed by atoms with Gasteiger partial charge in [0.15, 0.2) is 0 Å². The molecule has 0 unspecified atom stereocenters. The predicted octanol–water partition coefficient (Wildman–Crippen LogP) is 0.641. The minimum Gasteiger partial charge on any atom is -0.469 e. The SMILES string of the molecule is COC(=O)Cc1c(CN)cc(C#N)cc1[N+](=O)[O-]. The summed E-state index contributed by atoms with van der Waals surface area (Å²) in [5.41, 5.74) is 5.90. The number of hydrogen-bond acceptors (Lipinski definition) is 6. The van der Waals surface area contributed by atoms with Crippen LogP contribution in [0.4, 0.5) is 5.69 Å². The van der Waals surface area contributed by atoms with Crippen molar-refractivity contribution in [1.29, 1.82) is 5.26 Å². The molecule has 0 aliphatic heterocycles. The van der Waals surface area contributed by atoms with Crippen molar-refractivity contribution in [2.45, 2.75) is 13.0 Å². The molecule has 94 valence electrons. The summed E-state index contributed by atoms with van der Waals surface area (Å²) in [4.78, 5) is 21.5. The number of ether oxygens (including phenoxy) is 1. The van der Waals surface area contributed by atoms with Crippen LogP contribution in [0.25, 0.3) is 0 Å². The van der Waals surface area contributed by atoms with Gasteiger partial charge in [0.05, 0.1) is 30.1 Å². The molecule has 0 radical (unpaired) electrons. The number of nitriles is 1. The first-order chi connectivity index (χ1) is 8.53. The highest BCUT2D eigenvalue weighted by molar-refractivity contribution is 5.75. The summed E-state index contributed by atoms with van der Waals surface area (Å²) in [6.07, 6.45) is -0.245. The molecular weight excluding hydrogens is 238 g/mol. The Labute approximate surface area is 103 Å². The zero-order valence-electron chi connectivity index (χ0n) is 9.67. The second kappa shape index (κ2) is 5.75. The summed E-state index contributed by atoms with van der Waals surface area (Å²) in [6.45, 7) is 0.00267. The van der Waals surface area contributed by atoms with E-state index in [1.54, 1.807) is 0 Å². The van der Waals surface area contributed by atoms with Crippen LogP contribution in [0.15, 0.2) is 12.1 Å². The van der Waals surface area contributed by atoms with Crippen LogP contribution in [0.2, 0.25) is 0 Å². The summed E-state index contributed by atoms with van der Waals surface area (Å²) in [5.74, 6) is -0.600. The molecule has 0 bridgehead atoms. The second-order valence-corrected chi connectivity index (χ2v) is 3.46. The van der Waals surface area contributed by atoms with E-state index in [0.29, 0.717) is 5.56 Å². The first-order valence-corrected chi connectivity index (χ1v) is 5.00. The smallest absolute Gasteiger partial charge is 0.310 e. The van der Waals surface area contributed by atoms with Crippen molar-refractivity contribution in [2.24, 2.45) is 5.73 Å². The Kier molecular flexibility index (Phi) is 4.34. The standard InChI is InChI=1S/C11H11N3O4/c1-18-11(15)4-9-8(6-13)2-7(5-12)3-10(9)14(16)17/h2-3H,4,6,13H2,1H3. The predicted molar refractivity (Wildman–Crippen MR) is 61.4 cm³/mol. The molecule has 0 aliphatic carbocycles. The average Bonchev–Trinajstić information content (AvgIpc) is 2.38. The van der Waals surface area contributed by atoms with Crippen LogP contribution < -0.4 is 5.73 Å². The number of esters is 1. The molecule has 0 saturated carbocycles. The van der Waals surface area contributed by atoms with Gasteiger partial charge in [-0.15, -0.1) is 0 Å². The Balaban J connectivity index is 3.40. The molecule has 1 aromatic carbocycles. The van der Waals surface area contributed by atoms with Crippen molar-refractivity contribution in [3.8, 4) is 6.07 Å². The number of hydrogen-bond donors (Lipinski definition) is 1. The molecule has 1 aromatic rings. The summed E-state index contributed by atoms with van der Waals surface area (Å²) in [6, 6.07) is 4.37. The van der Waals surface area contributed by atoms with E-state index in [2.05, 4.69) is 4.74 Å². The maximum Gasteiger partial charge on any atom is 0.310 e. The zero-order valence-corrected chi connectivity index (χ0v) is 9.67. The highest BCUT2D eigenvalue weighted by Gasteiger charge is 2.21. The lowest BCUT2D eigenvalue weighted by atomic mass is 9.99. The minimum absolute atomic E-state index is 0.00267. The van der Waals surface area contributed by atoms with Crippen LogP contribution in [0.1, 0.15) is 16.7 Å². The number of carbonyl (C=O) groups excluding carboxylic acids is 1. The van der Waals surface area contributed by atoms with Crippen LogP contribution >= 0.6 is 0 Å². The molecule has 7 nitrogen and oxygen atoms in total. The molecule has 0 amide bonds. The second-order valence-electron chi connectivity index (χ2n) is 3.46. The van der Waals surface area contributed by atoms with Crippen LogP contribution in [0.3, 0.4) is 0 Å². The van der Waals surface area contributed by atoms with Crippen molar-refractivity contribution in [2.75, 3.05) is 7.11 Å². The Bertz CT molecular complexity index is 534. The number of nitrogens with zero attached hydrogens (tertiary/aromatic N) is 2. The fourth-order valence-corrected chi connectivity index (χ4v) is 1.55. The number of benzene rings is 1. The molecule has 0 spiro atoms. The van der Waals surface area contributed by atoms with Crippen LogP contribution in [-0.4, -0.2) is 18.0 Å². The van der Waals surface area contributed by atoms with E-state index in [1.807, 2.05) is 6.07 Å². The molecule has 0 aliphatic rings. The van der Waals surface area contributed by atoms with Crippen LogP contribution in [0.5, 0.6) is 0 Å². The quantitative estimate of drug-likeness (QED) is 0.475. The monoisotopic (exact) mass is 249 g/mol. The van der Waals surface area contributed by atoms with E-state index in [9.17, 15) is 14.9 Å². The number of nitro benzene ring substituents is 1. The molecule has 2 N–H and O–H groups in total. The first-order valence-electron chi connectivity index (χ1n) is 5.00. The fraction of sp³-hybridized carbons (Fsp3) is 0.273. The summed E-state index contributed by atoms with van der Waals surface area (Å²) < 4.78 is 4.48. The summed E-state index contributed by atoms with van der Waals surface area (Å²) in [5, 5.41) is 19.7. The van der Waals surface area contributed by atoms with Crippen molar-refractivity contribution < 1.29 is 14.5 Å². The van der Waals surface area contributed by atoms with Gasteiger partial charge in [0.1, 0.15) is 0 Å². The minimum atomic E-state index is -0.641. The van der Waals surface area contributed by atoms with Gasteiger partial charge < -0.3 is 10.5 Å². The summed E-state index contributed by atoms with van der Waals surface area (Å²) in [7, 11) is 1.19. The topological polar surface area (TPSA) is 119 Å². The van der Waals surface area contributed by atoms with E-state index in [-0.39, 0.29) is 29.8 Å². The lowest BCUT2D eigenvalue weighted by Crippen LogP contribution is -2.12. The van der Waals surface area contributed by atoms with Crippen molar-refractivity contribution in [3.63, 3.8) is 0 Å². The Morgan fingerprint density at radius 2 is 2.28 bits per heavy atom. The van der Waals surface area contributed by atoms with Crippen LogP contribution in [0, 0.1) is 21.4 Å². The Morgan fingerprint density at radius 1 is 1.61 bits per heavy atom. The lowest BCUT2D eigenvalue weighted by Gasteiger charge is -2.08. The molecule has 0 atom stereocenters. The average molecular weight is 249 g/mol. The molecule has 0 heterocycles. The number of methoxy groups -OCH3 is 1. The highest BCUT2D eigenvalue weighted by Crippen LogP contribution is 2.25. The number of nitrogens with two attached hydrogens (primary N) is 1. The fourth-order valence-electron chi connectivity index (χ4n) is 1.55. The molecule has 7 heteroatoms. The van der Waals surface area contributed by atoms with E-state index >= 15 is 0 Å². The van der Waals surface area contributed by atoms with Crippen molar-refractivity contribution >= 4 is 11.7 Å². The van der Waals surface area contributed by atoms with Crippen LogP contribution in [-0.2, 0) is 22.5 Å². The van der Waals surface area contributed by atoms with Gasteiger partial charge in [-0.1, -0.05) is 0 Å². The summed E-state index contributed by atoms with van der Waals surface area (Å²) >= 11 is 0. The van der Waals surface area contributed by atoms with Gasteiger partial charge in [0, 0.05) is 18.2 Å². The van der Waals surface area contributed by atoms with E-state index < -0.39 is 10.9 Å². The van der Waals surface area contributed by atoms with Gasteiger partial charge in [-0.3, -0.25) is 14.9 Å². The lowest BCUT2D eigenvalue weighted by molar-refractivity contribution is -0.385. The number of carbonyl (C=O) groups is 1. The number of nitro groups is 1. The maximum atomic E-state index is 11.2. The molecule has 0 saturated heterocycles. The highest BCUT2D eigenvalue weighted by atomic mass is 16.6. The van der Waals surface area contributed by atoms with Gasteiger partial charge in [0.25, 0.3) is 5.69 Å². The number of rotatable bonds is 4. The van der Waals surface area contributed by atoms with Crippen molar-refractivity contribution in [1.82, 2.24) is 0 Å². The third kappa shape index (κ3) is 2.81. The molecule has 18 heavy (non-hydrogen) atoms. The maximum absolute atomic E-state index is 11.2. The van der Waals surface area contributed by atoms with Gasteiger partial charge in [0.2, 0.25) is 0 Å². The van der Waals surface area contributed by atoms with Gasteiger partial charge >= 0.3 is 5.97 Å². The molecule has 0 aromatic heterocycles. The third-order valence-corrected chi connectivity index (χ3v) is 2.41. The zero-order chi connectivity index (χ0) is 13.7. The molecular formula is C11H11N3O4. The van der Waals surface area contributed by atoms with E-state index in [4.69, 9.17) is 11.0 Å². The van der Waals surface area contributed by atoms with Crippen molar-refractivity contribution in [3.05, 3.63) is 38.9 Å². The molecule has 1 rings (SSSR count). The largest absolute Gasteiger partial charge is 0.469 e. The third-order valence-electron chi connectivity index (χ3n) is 2.41. The normalized spacial score (nSPS) is 9.61. The first kappa shape index (κ1) is 13.6. The van der Waals surface area contributed by atoms with E-state index in [1.165, 1.54) is 13.2 Å². The molecule has 0 fully saturated rings. The van der Waals surface area contributed by atoms with E-state index in [0.717, 1.165) is 6.07 Å². The van der Waals surface area contributed by atoms with Gasteiger partial charge in [-0.05, 0) is 11.6 Å². The van der Waals surface area contributed by atoms with Gasteiger partial charge in [-0.2, -0.15) is 5.26 Å². The van der Waals surface area contributed by atoms with Gasteiger partial charge in [-0.25, -0.2) is 0 Å².